The number of carbonyl (C=O) groups is 3. The van der Waals surface area contributed by atoms with Gasteiger partial charge >= 0.3 is 12.0 Å². The Kier molecular flexibility index (Phi) is 8.58. The predicted molar refractivity (Wildman–Crippen MR) is 100 cm³/mol. The molecule has 1 atom stereocenters. The molecule has 0 spiro atoms. The fourth-order valence-electron chi connectivity index (χ4n) is 1.96. The van der Waals surface area contributed by atoms with Gasteiger partial charge in [-0.3, -0.25) is 10.1 Å². The van der Waals surface area contributed by atoms with Gasteiger partial charge in [0, 0.05) is 6.04 Å². The van der Waals surface area contributed by atoms with Crippen LogP contribution in [0, 0.1) is 5.92 Å². The second-order valence-electron chi connectivity index (χ2n) is 6.74. The maximum Gasteiger partial charge on any atom is 0.339 e. The van der Waals surface area contributed by atoms with E-state index in [-0.39, 0.29) is 11.6 Å². The van der Waals surface area contributed by atoms with Crippen molar-refractivity contribution in [3.8, 4) is 11.5 Å². The Balaban J connectivity index is 2.72. The topological polar surface area (TPSA) is 103 Å². The van der Waals surface area contributed by atoms with Crippen LogP contribution in [-0.2, 0) is 9.53 Å². The summed E-state index contributed by atoms with van der Waals surface area (Å²) in [7, 11) is 1.47. The lowest BCUT2D eigenvalue weighted by atomic mass is 10.2. The van der Waals surface area contributed by atoms with Crippen LogP contribution < -0.4 is 20.1 Å². The summed E-state index contributed by atoms with van der Waals surface area (Å²) < 4.78 is 16.0. The zero-order valence-electron chi connectivity index (χ0n) is 16.6. The number of rotatable bonds is 8. The fourth-order valence-corrected chi connectivity index (χ4v) is 1.96. The van der Waals surface area contributed by atoms with Crippen molar-refractivity contribution in [1.82, 2.24) is 10.6 Å². The summed E-state index contributed by atoms with van der Waals surface area (Å²) in [6.07, 6.45) is -1.14. The maximum absolute atomic E-state index is 12.3. The third kappa shape index (κ3) is 7.55. The number of nitrogens with one attached hydrogen (secondary N) is 2. The normalized spacial score (nSPS) is 11.7. The molecule has 3 amide bonds. The largest absolute Gasteiger partial charge is 0.493 e. The van der Waals surface area contributed by atoms with Crippen molar-refractivity contribution >= 4 is 17.9 Å². The highest BCUT2D eigenvalue weighted by atomic mass is 16.5. The van der Waals surface area contributed by atoms with Crippen molar-refractivity contribution in [2.75, 3.05) is 13.7 Å². The molecule has 150 valence electrons. The molecule has 1 aromatic carbocycles. The highest BCUT2D eigenvalue weighted by Gasteiger charge is 2.22. The average Bonchev–Trinajstić information content (AvgIpc) is 2.58. The minimum Gasteiger partial charge on any atom is -0.493 e. The molecule has 2 N–H and O–H groups in total. The van der Waals surface area contributed by atoms with Gasteiger partial charge in [0.15, 0.2) is 17.6 Å². The van der Waals surface area contributed by atoms with Crippen molar-refractivity contribution < 1.29 is 28.6 Å². The zero-order valence-corrected chi connectivity index (χ0v) is 16.6. The van der Waals surface area contributed by atoms with Gasteiger partial charge in [-0.1, -0.05) is 13.8 Å². The number of urea groups is 1. The smallest absolute Gasteiger partial charge is 0.339 e. The van der Waals surface area contributed by atoms with Crippen molar-refractivity contribution in [1.29, 1.82) is 0 Å². The van der Waals surface area contributed by atoms with Crippen LogP contribution in [0.3, 0.4) is 0 Å². The van der Waals surface area contributed by atoms with E-state index in [4.69, 9.17) is 14.2 Å². The van der Waals surface area contributed by atoms with E-state index in [1.165, 1.54) is 26.2 Å². The minimum absolute atomic E-state index is 0.125. The monoisotopic (exact) mass is 380 g/mol. The third-order valence-corrected chi connectivity index (χ3v) is 3.28. The highest BCUT2D eigenvalue weighted by Crippen LogP contribution is 2.28. The number of hydrogen-bond donors (Lipinski definition) is 2. The lowest BCUT2D eigenvalue weighted by Gasteiger charge is -2.16. The molecule has 8 nitrogen and oxygen atoms in total. The number of amides is 3. The number of imide groups is 1. The first-order valence-corrected chi connectivity index (χ1v) is 8.77. The van der Waals surface area contributed by atoms with Gasteiger partial charge in [-0.05, 0) is 44.9 Å². The quantitative estimate of drug-likeness (QED) is 0.672. The highest BCUT2D eigenvalue weighted by molar-refractivity contribution is 5.98. The van der Waals surface area contributed by atoms with E-state index in [1.54, 1.807) is 19.9 Å². The molecular formula is C19H28N2O6. The molecule has 1 rings (SSSR count). The van der Waals surface area contributed by atoms with E-state index < -0.39 is 24.0 Å². The van der Waals surface area contributed by atoms with Gasteiger partial charge in [0.25, 0.3) is 5.91 Å². The molecule has 27 heavy (non-hydrogen) atoms. The Morgan fingerprint density at radius 2 is 1.70 bits per heavy atom. The van der Waals surface area contributed by atoms with Crippen LogP contribution in [0.15, 0.2) is 18.2 Å². The lowest BCUT2D eigenvalue weighted by molar-refractivity contribution is -0.127. The van der Waals surface area contributed by atoms with Gasteiger partial charge in [-0.2, -0.15) is 0 Å². The maximum atomic E-state index is 12.3. The molecule has 0 bridgehead atoms. The van der Waals surface area contributed by atoms with E-state index in [9.17, 15) is 14.4 Å². The third-order valence-electron chi connectivity index (χ3n) is 3.28. The minimum atomic E-state index is -1.14. The summed E-state index contributed by atoms with van der Waals surface area (Å²) >= 11 is 0. The molecule has 0 aliphatic carbocycles. The Morgan fingerprint density at radius 3 is 2.26 bits per heavy atom. The van der Waals surface area contributed by atoms with Crippen molar-refractivity contribution in [2.24, 2.45) is 5.92 Å². The zero-order chi connectivity index (χ0) is 20.6. The van der Waals surface area contributed by atoms with Crippen LogP contribution in [0.2, 0.25) is 0 Å². The van der Waals surface area contributed by atoms with Gasteiger partial charge in [-0.25, -0.2) is 9.59 Å². The molecular weight excluding hydrogens is 352 g/mol. The van der Waals surface area contributed by atoms with Crippen LogP contribution >= 0.6 is 0 Å². The number of methoxy groups -OCH3 is 1. The van der Waals surface area contributed by atoms with E-state index in [1.807, 2.05) is 13.8 Å². The van der Waals surface area contributed by atoms with Gasteiger partial charge < -0.3 is 19.5 Å². The van der Waals surface area contributed by atoms with Crippen LogP contribution in [-0.4, -0.2) is 43.8 Å². The molecule has 0 saturated heterocycles. The first kappa shape index (κ1) is 22.3. The number of ether oxygens (including phenoxy) is 3. The Labute approximate surface area is 159 Å². The van der Waals surface area contributed by atoms with Crippen LogP contribution in [0.1, 0.15) is 45.0 Å². The Hall–Kier alpha value is -2.77. The number of esters is 1. The SMILES string of the molecule is COc1cc(C(=O)O[C@H](C)C(=O)NC(=O)NC(C)C)ccc1OCC(C)C. The van der Waals surface area contributed by atoms with Crippen molar-refractivity contribution in [3.05, 3.63) is 23.8 Å². The first-order valence-electron chi connectivity index (χ1n) is 8.77. The van der Waals surface area contributed by atoms with Gasteiger partial charge in [-0.15, -0.1) is 0 Å². The number of benzene rings is 1. The molecule has 0 heterocycles. The average molecular weight is 380 g/mol. The second-order valence-corrected chi connectivity index (χ2v) is 6.74. The standard InChI is InChI=1S/C19H28N2O6/c1-11(2)10-26-15-8-7-14(9-16(15)25-6)18(23)27-13(5)17(22)21-19(24)20-12(3)4/h7-9,11-13H,10H2,1-6H3,(H2,20,21,22,24)/t13-/m1/s1. The Bertz CT molecular complexity index is 672. The fraction of sp³-hybridized carbons (Fsp3) is 0.526. The molecule has 0 unspecified atom stereocenters. The Morgan fingerprint density at radius 1 is 1.04 bits per heavy atom. The van der Waals surface area contributed by atoms with Crippen molar-refractivity contribution in [3.63, 3.8) is 0 Å². The van der Waals surface area contributed by atoms with Crippen LogP contribution in [0.4, 0.5) is 4.79 Å². The summed E-state index contributed by atoms with van der Waals surface area (Å²) in [5, 5.41) is 4.63. The van der Waals surface area contributed by atoms with Crippen LogP contribution in [0.25, 0.3) is 0 Å². The first-order chi connectivity index (χ1) is 12.6. The lowest BCUT2D eigenvalue weighted by Crippen LogP contribution is -2.46. The van der Waals surface area contributed by atoms with E-state index in [0.717, 1.165) is 0 Å². The molecule has 0 aliphatic heterocycles. The molecule has 0 saturated carbocycles. The molecule has 0 radical (unpaired) electrons. The second kappa shape index (κ2) is 10.4. The van der Waals surface area contributed by atoms with Gasteiger partial charge in [0.2, 0.25) is 0 Å². The number of carbonyl (C=O) groups excluding carboxylic acids is 3. The molecule has 0 aromatic heterocycles. The van der Waals surface area contributed by atoms with Crippen LogP contribution in [0.5, 0.6) is 11.5 Å². The summed E-state index contributed by atoms with van der Waals surface area (Å²) in [5.74, 6) is -0.190. The molecule has 8 heteroatoms. The van der Waals surface area contributed by atoms with E-state index in [0.29, 0.717) is 24.0 Å². The van der Waals surface area contributed by atoms with Gasteiger partial charge in [0.1, 0.15) is 0 Å². The molecule has 1 aromatic rings. The van der Waals surface area contributed by atoms with Gasteiger partial charge in [0.05, 0.1) is 19.3 Å². The van der Waals surface area contributed by atoms with E-state index >= 15 is 0 Å². The summed E-state index contributed by atoms with van der Waals surface area (Å²) in [6, 6.07) is 3.84. The van der Waals surface area contributed by atoms with E-state index in [2.05, 4.69) is 10.6 Å². The molecule has 0 aliphatic rings. The van der Waals surface area contributed by atoms with Crippen molar-refractivity contribution in [2.45, 2.75) is 46.8 Å². The summed E-state index contributed by atoms with van der Waals surface area (Å²) in [5.41, 5.74) is 0.204. The summed E-state index contributed by atoms with van der Waals surface area (Å²) in [6.45, 7) is 9.45. The number of hydrogen-bond acceptors (Lipinski definition) is 6. The molecule has 0 fully saturated rings. The summed E-state index contributed by atoms with van der Waals surface area (Å²) in [4.78, 5) is 35.7. The predicted octanol–water partition coefficient (Wildman–Crippen LogP) is 2.51.